The monoisotopic (exact) mass is 260 g/mol. The summed E-state index contributed by atoms with van der Waals surface area (Å²) in [5.74, 6) is 0.917. The molecule has 2 rings (SSSR count). The van der Waals surface area contributed by atoms with E-state index in [4.69, 9.17) is 5.73 Å². The largest absolute Gasteiger partial charge is 0.398 e. The highest BCUT2D eigenvalue weighted by Crippen LogP contribution is 2.28. The predicted molar refractivity (Wildman–Crippen MR) is 80.7 cm³/mol. The molecule has 19 heavy (non-hydrogen) atoms. The molecule has 1 aromatic rings. The molecule has 1 fully saturated rings. The molecule has 3 nitrogen and oxygen atoms in total. The van der Waals surface area contributed by atoms with E-state index in [-0.39, 0.29) is 5.78 Å². The van der Waals surface area contributed by atoms with Gasteiger partial charge in [0.25, 0.3) is 0 Å². The van der Waals surface area contributed by atoms with Gasteiger partial charge in [-0.2, -0.15) is 0 Å². The number of rotatable bonds is 4. The molecule has 0 amide bonds. The van der Waals surface area contributed by atoms with Crippen molar-refractivity contribution < 1.29 is 4.79 Å². The van der Waals surface area contributed by atoms with Crippen molar-refractivity contribution in [3.05, 3.63) is 23.8 Å². The molecule has 0 bridgehead atoms. The fraction of sp³-hybridized carbons (Fsp3) is 0.562. The van der Waals surface area contributed by atoms with Crippen LogP contribution >= 0.6 is 0 Å². The lowest BCUT2D eigenvalue weighted by Gasteiger charge is -2.33. The van der Waals surface area contributed by atoms with Crippen molar-refractivity contribution >= 4 is 17.2 Å². The van der Waals surface area contributed by atoms with E-state index >= 15 is 0 Å². The van der Waals surface area contributed by atoms with Gasteiger partial charge in [0.2, 0.25) is 0 Å². The highest BCUT2D eigenvalue weighted by molar-refractivity contribution is 5.99. The number of anilines is 2. The molecule has 3 heteroatoms. The summed E-state index contributed by atoms with van der Waals surface area (Å²) in [6, 6.07) is 5.81. The van der Waals surface area contributed by atoms with Gasteiger partial charge in [-0.1, -0.05) is 19.8 Å². The molecule has 1 aromatic carbocycles. The second kappa shape index (κ2) is 6.09. The topological polar surface area (TPSA) is 46.3 Å². The Morgan fingerprint density at radius 1 is 1.37 bits per heavy atom. The molecule has 1 aliphatic rings. The first-order chi connectivity index (χ1) is 9.11. The number of hydrogen-bond acceptors (Lipinski definition) is 3. The predicted octanol–water partition coefficient (Wildman–Crippen LogP) is 3.49. The van der Waals surface area contributed by atoms with Gasteiger partial charge in [0.1, 0.15) is 0 Å². The fourth-order valence-electron chi connectivity index (χ4n) is 2.96. The van der Waals surface area contributed by atoms with E-state index in [0.717, 1.165) is 24.7 Å². The molecular weight excluding hydrogens is 236 g/mol. The number of benzene rings is 1. The number of nitrogens with zero attached hydrogens (tertiary/aromatic N) is 1. The van der Waals surface area contributed by atoms with Crippen molar-refractivity contribution in [3.63, 3.8) is 0 Å². The van der Waals surface area contributed by atoms with Crippen molar-refractivity contribution in [2.75, 3.05) is 23.7 Å². The average Bonchev–Trinajstić information content (AvgIpc) is 2.39. The van der Waals surface area contributed by atoms with E-state index < -0.39 is 0 Å². The summed E-state index contributed by atoms with van der Waals surface area (Å²) in [7, 11) is 0. The lowest BCUT2D eigenvalue weighted by Crippen LogP contribution is -2.33. The van der Waals surface area contributed by atoms with Crippen LogP contribution in [0.1, 0.15) is 49.9 Å². The first-order valence-corrected chi connectivity index (χ1v) is 7.27. The van der Waals surface area contributed by atoms with Crippen LogP contribution in [0, 0.1) is 5.92 Å². The van der Waals surface area contributed by atoms with E-state index in [1.165, 1.54) is 25.7 Å². The molecule has 0 saturated carbocycles. The van der Waals surface area contributed by atoms with Gasteiger partial charge in [-0.25, -0.2) is 0 Å². The van der Waals surface area contributed by atoms with Gasteiger partial charge >= 0.3 is 0 Å². The lowest BCUT2D eigenvalue weighted by atomic mass is 9.92. The lowest BCUT2D eigenvalue weighted by molar-refractivity contribution is 0.101. The standard InChI is InChI=1S/C16H24N2O/c1-3-4-13-7-9-18(10-8-13)14-5-6-15(12(2)19)16(17)11-14/h5-6,11,13H,3-4,7-10,17H2,1-2H3. The quantitative estimate of drug-likeness (QED) is 0.666. The number of ketones is 1. The maximum atomic E-state index is 11.4. The number of carbonyl (C=O) groups excluding carboxylic acids is 1. The zero-order chi connectivity index (χ0) is 13.8. The third kappa shape index (κ3) is 3.28. The molecule has 0 atom stereocenters. The number of carbonyl (C=O) groups is 1. The van der Waals surface area contributed by atoms with Gasteiger partial charge in [-0.05, 0) is 43.9 Å². The summed E-state index contributed by atoms with van der Waals surface area (Å²) in [4.78, 5) is 13.8. The van der Waals surface area contributed by atoms with E-state index in [1.807, 2.05) is 18.2 Å². The summed E-state index contributed by atoms with van der Waals surface area (Å²) in [6.07, 6.45) is 5.16. The Morgan fingerprint density at radius 2 is 2.05 bits per heavy atom. The zero-order valence-corrected chi connectivity index (χ0v) is 12.0. The molecule has 0 spiro atoms. The molecule has 0 radical (unpaired) electrons. The van der Waals surface area contributed by atoms with Gasteiger partial charge in [0.05, 0.1) is 0 Å². The zero-order valence-electron chi connectivity index (χ0n) is 12.0. The molecule has 1 aliphatic heterocycles. The van der Waals surface area contributed by atoms with Crippen LogP contribution in [0.4, 0.5) is 11.4 Å². The summed E-state index contributed by atoms with van der Waals surface area (Å²) >= 11 is 0. The van der Waals surface area contributed by atoms with Crippen molar-refractivity contribution in [2.45, 2.75) is 39.5 Å². The van der Waals surface area contributed by atoms with Gasteiger partial charge in [-0.3, -0.25) is 4.79 Å². The van der Waals surface area contributed by atoms with Crippen LogP contribution < -0.4 is 10.6 Å². The maximum absolute atomic E-state index is 11.4. The van der Waals surface area contributed by atoms with E-state index in [1.54, 1.807) is 6.92 Å². The smallest absolute Gasteiger partial charge is 0.161 e. The Labute approximate surface area is 115 Å². The summed E-state index contributed by atoms with van der Waals surface area (Å²) in [5.41, 5.74) is 8.33. The molecule has 1 saturated heterocycles. The summed E-state index contributed by atoms with van der Waals surface area (Å²) in [5, 5.41) is 0. The molecular formula is C16H24N2O. The number of piperidine rings is 1. The Morgan fingerprint density at radius 3 is 2.58 bits per heavy atom. The van der Waals surface area contributed by atoms with E-state index in [0.29, 0.717) is 11.3 Å². The Balaban J connectivity index is 2.04. The molecule has 0 unspecified atom stereocenters. The second-order valence-electron chi connectivity index (χ2n) is 5.55. The van der Waals surface area contributed by atoms with Gasteiger partial charge in [0.15, 0.2) is 5.78 Å². The third-order valence-electron chi connectivity index (χ3n) is 4.09. The third-order valence-corrected chi connectivity index (χ3v) is 4.09. The number of hydrogen-bond donors (Lipinski definition) is 1. The molecule has 1 heterocycles. The molecule has 0 aromatic heterocycles. The molecule has 0 aliphatic carbocycles. The van der Waals surface area contributed by atoms with Crippen molar-refractivity contribution in [3.8, 4) is 0 Å². The van der Waals surface area contributed by atoms with E-state index in [2.05, 4.69) is 11.8 Å². The normalized spacial score (nSPS) is 16.6. The highest BCUT2D eigenvalue weighted by atomic mass is 16.1. The number of Topliss-reactive ketones (excluding diaryl/α,β-unsaturated/α-hetero) is 1. The second-order valence-corrected chi connectivity index (χ2v) is 5.55. The Bertz CT molecular complexity index is 448. The van der Waals surface area contributed by atoms with Crippen LogP contribution in [-0.2, 0) is 0 Å². The van der Waals surface area contributed by atoms with Gasteiger partial charge in [-0.15, -0.1) is 0 Å². The highest BCUT2D eigenvalue weighted by Gasteiger charge is 2.19. The van der Waals surface area contributed by atoms with Crippen LogP contribution in [0.2, 0.25) is 0 Å². The van der Waals surface area contributed by atoms with Crippen molar-refractivity contribution in [1.29, 1.82) is 0 Å². The Kier molecular flexibility index (Phi) is 4.46. The van der Waals surface area contributed by atoms with Crippen molar-refractivity contribution in [1.82, 2.24) is 0 Å². The number of nitrogens with two attached hydrogens (primary N) is 1. The number of nitrogen functional groups attached to an aromatic ring is 1. The van der Waals surface area contributed by atoms with Crippen LogP contribution in [0.3, 0.4) is 0 Å². The summed E-state index contributed by atoms with van der Waals surface area (Å²) < 4.78 is 0. The maximum Gasteiger partial charge on any atom is 0.161 e. The van der Waals surface area contributed by atoms with Gasteiger partial charge < -0.3 is 10.6 Å². The minimum atomic E-state index is 0.0331. The first-order valence-electron chi connectivity index (χ1n) is 7.27. The minimum absolute atomic E-state index is 0.0331. The van der Waals surface area contributed by atoms with Gasteiger partial charge in [0, 0.05) is 30.0 Å². The van der Waals surface area contributed by atoms with Crippen molar-refractivity contribution in [2.24, 2.45) is 5.92 Å². The van der Waals surface area contributed by atoms with Crippen LogP contribution in [0.15, 0.2) is 18.2 Å². The Hall–Kier alpha value is -1.51. The first kappa shape index (κ1) is 13.9. The fourth-order valence-corrected chi connectivity index (χ4v) is 2.96. The van der Waals surface area contributed by atoms with Crippen LogP contribution in [0.5, 0.6) is 0 Å². The minimum Gasteiger partial charge on any atom is -0.398 e. The van der Waals surface area contributed by atoms with E-state index in [9.17, 15) is 4.79 Å². The van der Waals surface area contributed by atoms with Crippen LogP contribution in [0.25, 0.3) is 0 Å². The summed E-state index contributed by atoms with van der Waals surface area (Å²) in [6.45, 7) is 6.02. The van der Waals surface area contributed by atoms with Crippen LogP contribution in [-0.4, -0.2) is 18.9 Å². The molecule has 104 valence electrons. The average molecular weight is 260 g/mol. The molecule has 2 N–H and O–H groups in total. The SMILES string of the molecule is CCCC1CCN(c2ccc(C(C)=O)c(N)c2)CC1.